The van der Waals surface area contributed by atoms with Crippen LogP contribution in [0.15, 0.2) is 36.5 Å². The summed E-state index contributed by atoms with van der Waals surface area (Å²) >= 11 is 0. The number of benzene rings is 1. The highest BCUT2D eigenvalue weighted by Crippen LogP contribution is 2.23. The Morgan fingerprint density at radius 2 is 1.89 bits per heavy atom. The number of carboxylic acid groups (broad SMARTS) is 1. The van der Waals surface area contributed by atoms with E-state index in [0.29, 0.717) is 18.5 Å². The van der Waals surface area contributed by atoms with Crippen molar-refractivity contribution in [1.82, 2.24) is 25.3 Å². The fourth-order valence-corrected chi connectivity index (χ4v) is 3.34. The molecule has 146 valence electrons. The molecule has 0 fully saturated rings. The van der Waals surface area contributed by atoms with Crippen molar-refractivity contribution in [2.24, 2.45) is 0 Å². The normalized spacial score (nSPS) is 11.5. The molecular weight excluding hydrogens is 358 g/mol. The molecule has 0 unspecified atom stereocenters. The van der Waals surface area contributed by atoms with E-state index in [9.17, 15) is 14.7 Å². The van der Waals surface area contributed by atoms with Gasteiger partial charge in [0.1, 0.15) is 0 Å². The van der Waals surface area contributed by atoms with Gasteiger partial charge in [-0.15, -0.1) is 5.10 Å². The SMILES string of the molecule is CCC(CC)(CC(=O)O)NC(=O)c1nnn(-c2cccc3cccnc23)c1C. The second-order valence-corrected chi connectivity index (χ2v) is 6.80. The number of carbonyl (C=O) groups excluding carboxylic acids is 1. The molecule has 2 aromatic heterocycles. The van der Waals surface area contributed by atoms with Gasteiger partial charge < -0.3 is 10.4 Å². The lowest BCUT2D eigenvalue weighted by Gasteiger charge is -2.31. The standard InChI is InChI=1S/C20H23N5O3/c1-4-20(5-2,12-16(26)27)22-19(28)17-13(3)25(24-23-17)15-10-6-8-14-9-7-11-21-18(14)15/h6-11H,4-5,12H2,1-3H3,(H,22,28)(H,26,27). The third-order valence-corrected chi connectivity index (χ3v) is 5.17. The van der Waals surface area contributed by atoms with Crippen LogP contribution in [0.3, 0.4) is 0 Å². The van der Waals surface area contributed by atoms with Gasteiger partial charge in [0, 0.05) is 11.6 Å². The zero-order valence-corrected chi connectivity index (χ0v) is 16.1. The molecule has 2 heterocycles. The van der Waals surface area contributed by atoms with Gasteiger partial charge in [-0.2, -0.15) is 0 Å². The minimum atomic E-state index is -0.953. The molecule has 0 aliphatic heterocycles. The van der Waals surface area contributed by atoms with Crippen molar-refractivity contribution < 1.29 is 14.7 Å². The van der Waals surface area contributed by atoms with E-state index in [-0.39, 0.29) is 12.1 Å². The second kappa shape index (κ2) is 7.75. The highest BCUT2D eigenvalue weighted by Gasteiger charge is 2.33. The third kappa shape index (κ3) is 3.58. The molecule has 2 N–H and O–H groups in total. The lowest BCUT2D eigenvalue weighted by molar-refractivity contribution is -0.138. The summed E-state index contributed by atoms with van der Waals surface area (Å²) in [4.78, 5) is 28.5. The number of para-hydroxylation sites is 1. The van der Waals surface area contributed by atoms with Crippen LogP contribution in [0.5, 0.6) is 0 Å². The van der Waals surface area contributed by atoms with Gasteiger partial charge >= 0.3 is 5.97 Å². The number of carboxylic acids is 1. The Balaban J connectivity index is 1.96. The van der Waals surface area contributed by atoms with Crippen molar-refractivity contribution in [2.75, 3.05) is 0 Å². The molecule has 1 aromatic carbocycles. The molecule has 0 aliphatic carbocycles. The van der Waals surface area contributed by atoms with E-state index in [2.05, 4.69) is 20.6 Å². The zero-order chi connectivity index (χ0) is 20.3. The van der Waals surface area contributed by atoms with Gasteiger partial charge in [0.15, 0.2) is 5.69 Å². The first-order chi connectivity index (χ1) is 13.4. The number of nitrogens with one attached hydrogen (secondary N) is 1. The van der Waals surface area contributed by atoms with Crippen LogP contribution in [0, 0.1) is 6.92 Å². The lowest BCUT2D eigenvalue weighted by atomic mass is 9.88. The maximum absolute atomic E-state index is 12.9. The summed E-state index contributed by atoms with van der Waals surface area (Å²) in [7, 11) is 0. The van der Waals surface area contributed by atoms with Crippen molar-refractivity contribution >= 4 is 22.8 Å². The van der Waals surface area contributed by atoms with E-state index in [0.717, 1.165) is 16.6 Å². The molecular formula is C20H23N5O3. The molecule has 0 saturated heterocycles. The van der Waals surface area contributed by atoms with Crippen molar-refractivity contribution in [3.63, 3.8) is 0 Å². The van der Waals surface area contributed by atoms with Crippen molar-refractivity contribution in [1.29, 1.82) is 0 Å². The van der Waals surface area contributed by atoms with Gasteiger partial charge in [0.2, 0.25) is 0 Å². The third-order valence-electron chi connectivity index (χ3n) is 5.17. The highest BCUT2D eigenvalue weighted by atomic mass is 16.4. The smallest absolute Gasteiger partial charge is 0.305 e. The molecule has 3 aromatic rings. The van der Waals surface area contributed by atoms with Crippen LogP contribution in [0.25, 0.3) is 16.6 Å². The quantitative estimate of drug-likeness (QED) is 0.651. The molecule has 0 aliphatic rings. The van der Waals surface area contributed by atoms with E-state index < -0.39 is 17.4 Å². The number of fused-ring (bicyclic) bond motifs is 1. The van der Waals surface area contributed by atoms with E-state index in [4.69, 9.17) is 0 Å². The molecule has 8 heteroatoms. The van der Waals surface area contributed by atoms with Gasteiger partial charge in [-0.05, 0) is 31.9 Å². The summed E-state index contributed by atoms with van der Waals surface area (Å²) in [5, 5.41) is 21.2. The first kappa shape index (κ1) is 19.5. The van der Waals surface area contributed by atoms with Gasteiger partial charge in [-0.1, -0.05) is 37.3 Å². The van der Waals surface area contributed by atoms with Crippen LogP contribution >= 0.6 is 0 Å². The summed E-state index contributed by atoms with van der Waals surface area (Å²) in [5.74, 6) is -1.38. The van der Waals surface area contributed by atoms with E-state index in [1.54, 1.807) is 17.8 Å². The first-order valence-electron chi connectivity index (χ1n) is 9.21. The maximum atomic E-state index is 12.9. The average Bonchev–Trinajstić information content (AvgIpc) is 3.07. The number of hydrogen-bond donors (Lipinski definition) is 2. The lowest BCUT2D eigenvalue weighted by Crippen LogP contribution is -2.49. The molecule has 0 spiro atoms. The fourth-order valence-electron chi connectivity index (χ4n) is 3.34. The van der Waals surface area contributed by atoms with Gasteiger partial charge in [0.25, 0.3) is 5.91 Å². The molecule has 0 atom stereocenters. The predicted octanol–water partition coefficient (Wildman–Crippen LogP) is 2.89. The van der Waals surface area contributed by atoms with Gasteiger partial charge in [0.05, 0.1) is 28.9 Å². The number of rotatable bonds is 7. The number of hydrogen-bond acceptors (Lipinski definition) is 5. The van der Waals surface area contributed by atoms with E-state index >= 15 is 0 Å². The van der Waals surface area contributed by atoms with Crippen molar-refractivity contribution in [3.8, 4) is 5.69 Å². The van der Waals surface area contributed by atoms with Crippen LogP contribution in [0.2, 0.25) is 0 Å². The van der Waals surface area contributed by atoms with Crippen LogP contribution < -0.4 is 5.32 Å². The van der Waals surface area contributed by atoms with Crippen LogP contribution in [-0.4, -0.2) is 42.5 Å². The van der Waals surface area contributed by atoms with Crippen LogP contribution in [0.1, 0.15) is 49.3 Å². The zero-order valence-electron chi connectivity index (χ0n) is 16.1. The summed E-state index contributed by atoms with van der Waals surface area (Å²) in [6.45, 7) is 5.48. The topological polar surface area (TPSA) is 110 Å². The molecule has 3 rings (SSSR count). The molecule has 8 nitrogen and oxygen atoms in total. The summed E-state index contributed by atoms with van der Waals surface area (Å²) in [6, 6.07) is 9.53. The Kier molecular flexibility index (Phi) is 5.39. The fraction of sp³-hybridized carbons (Fsp3) is 0.350. The summed E-state index contributed by atoms with van der Waals surface area (Å²) in [5.41, 5.74) is 1.40. The Hall–Kier alpha value is -3.29. The number of pyridine rings is 1. The predicted molar refractivity (Wildman–Crippen MR) is 104 cm³/mol. The molecule has 1 amide bonds. The molecule has 0 bridgehead atoms. The largest absolute Gasteiger partial charge is 0.481 e. The highest BCUT2D eigenvalue weighted by molar-refractivity contribution is 5.94. The minimum Gasteiger partial charge on any atom is -0.481 e. The minimum absolute atomic E-state index is 0.147. The Morgan fingerprint density at radius 1 is 1.18 bits per heavy atom. The van der Waals surface area contributed by atoms with Gasteiger partial charge in [-0.25, -0.2) is 4.68 Å². The first-order valence-corrected chi connectivity index (χ1v) is 9.21. The summed E-state index contributed by atoms with van der Waals surface area (Å²) in [6.07, 6.45) is 2.56. The maximum Gasteiger partial charge on any atom is 0.305 e. The van der Waals surface area contributed by atoms with E-state index in [1.165, 1.54) is 0 Å². The van der Waals surface area contributed by atoms with Crippen LogP contribution in [-0.2, 0) is 4.79 Å². The second-order valence-electron chi connectivity index (χ2n) is 6.80. The van der Waals surface area contributed by atoms with Crippen molar-refractivity contribution in [3.05, 3.63) is 47.9 Å². The molecule has 0 saturated carbocycles. The number of aliphatic carboxylic acids is 1. The Morgan fingerprint density at radius 3 is 2.57 bits per heavy atom. The number of aromatic nitrogens is 4. The summed E-state index contributed by atoms with van der Waals surface area (Å²) < 4.78 is 1.58. The van der Waals surface area contributed by atoms with Gasteiger partial charge in [-0.3, -0.25) is 14.6 Å². The molecule has 28 heavy (non-hydrogen) atoms. The molecule has 0 radical (unpaired) electrons. The number of amides is 1. The van der Waals surface area contributed by atoms with E-state index in [1.807, 2.05) is 44.2 Å². The monoisotopic (exact) mass is 381 g/mol. The number of carbonyl (C=O) groups is 2. The van der Waals surface area contributed by atoms with Crippen molar-refractivity contribution in [2.45, 2.75) is 45.6 Å². The number of nitrogens with zero attached hydrogens (tertiary/aromatic N) is 4. The Bertz CT molecular complexity index is 1020. The average molecular weight is 381 g/mol. The van der Waals surface area contributed by atoms with Crippen LogP contribution in [0.4, 0.5) is 0 Å². The Labute approximate surface area is 162 Å².